The van der Waals surface area contributed by atoms with Crippen molar-refractivity contribution in [3.63, 3.8) is 0 Å². The molecule has 0 aliphatic carbocycles. The van der Waals surface area contributed by atoms with Gasteiger partial charge in [0, 0.05) is 0 Å². The van der Waals surface area contributed by atoms with Crippen LogP contribution in [0, 0.1) is 0 Å². The lowest BCUT2D eigenvalue weighted by Crippen LogP contribution is -2.05. The van der Waals surface area contributed by atoms with Gasteiger partial charge in [-0.15, -0.1) is 0 Å². The molecule has 0 saturated heterocycles. The van der Waals surface area contributed by atoms with Gasteiger partial charge in [0.2, 0.25) is 0 Å². The van der Waals surface area contributed by atoms with E-state index in [4.69, 9.17) is 0 Å². The standard InChI is InChI=1S/C10H23P2/c1-8(2)11-7-12(9(3)4)10(5)6/h8-10H,7H2,1-6H3. The van der Waals surface area contributed by atoms with Crippen LogP contribution in [0.1, 0.15) is 41.5 Å². The van der Waals surface area contributed by atoms with E-state index in [0.29, 0.717) is 0 Å². The summed E-state index contributed by atoms with van der Waals surface area (Å²) in [5.41, 5.74) is 2.67. The summed E-state index contributed by atoms with van der Waals surface area (Å²) in [5, 5.41) is 0. The van der Waals surface area contributed by atoms with Crippen LogP contribution in [0.5, 0.6) is 0 Å². The van der Waals surface area contributed by atoms with Gasteiger partial charge in [-0.1, -0.05) is 58.0 Å². The number of hydrogen-bond acceptors (Lipinski definition) is 0. The Morgan fingerprint density at radius 2 is 1.33 bits per heavy atom. The summed E-state index contributed by atoms with van der Waals surface area (Å²) < 4.78 is 0. The summed E-state index contributed by atoms with van der Waals surface area (Å²) in [6, 6.07) is 0. The highest BCUT2D eigenvalue weighted by Crippen LogP contribution is 2.50. The van der Waals surface area contributed by atoms with Gasteiger partial charge in [0.25, 0.3) is 0 Å². The minimum Gasteiger partial charge on any atom is -0.0967 e. The third-order valence-corrected chi connectivity index (χ3v) is 7.28. The monoisotopic (exact) mass is 205 g/mol. The lowest BCUT2D eigenvalue weighted by molar-refractivity contribution is 1.01. The molecule has 2 heteroatoms. The molecule has 0 spiro atoms. The topological polar surface area (TPSA) is 0 Å². The summed E-state index contributed by atoms with van der Waals surface area (Å²) in [4.78, 5) is 0. The molecule has 12 heavy (non-hydrogen) atoms. The van der Waals surface area contributed by atoms with E-state index in [9.17, 15) is 0 Å². The first-order chi connectivity index (χ1) is 5.45. The van der Waals surface area contributed by atoms with E-state index >= 15 is 0 Å². The summed E-state index contributed by atoms with van der Waals surface area (Å²) >= 11 is 0. The first kappa shape index (κ1) is 12.9. The van der Waals surface area contributed by atoms with Crippen LogP contribution in [0.25, 0.3) is 0 Å². The van der Waals surface area contributed by atoms with E-state index < -0.39 is 0 Å². The van der Waals surface area contributed by atoms with Crippen LogP contribution < -0.4 is 0 Å². The second-order valence-corrected chi connectivity index (χ2v) is 9.74. The van der Waals surface area contributed by atoms with Gasteiger partial charge in [-0.3, -0.25) is 0 Å². The summed E-state index contributed by atoms with van der Waals surface area (Å²) in [5.74, 6) is 1.45. The Morgan fingerprint density at radius 1 is 0.917 bits per heavy atom. The minimum absolute atomic E-state index is 0.276. The fourth-order valence-corrected chi connectivity index (χ4v) is 7.05. The van der Waals surface area contributed by atoms with Gasteiger partial charge in [0.05, 0.1) is 0 Å². The van der Waals surface area contributed by atoms with Crippen molar-refractivity contribution in [2.24, 2.45) is 0 Å². The first-order valence-electron chi connectivity index (χ1n) is 4.87. The molecule has 0 aromatic heterocycles. The van der Waals surface area contributed by atoms with Crippen molar-refractivity contribution in [3.8, 4) is 0 Å². The Morgan fingerprint density at radius 3 is 1.58 bits per heavy atom. The molecule has 0 aromatic rings. The normalized spacial score (nSPS) is 13.5. The third-order valence-electron chi connectivity index (χ3n) is 1.94. The van der Waals surface area contributed by atoms with E-state index in [-0.39, 0.29) is 7.92 Å². The molecule has 0 amide bonds. The molecule has 0 rings (SSSR count). The molecule has 0 aromatic carbocycles. The second kappa shape index (κ2) is 6.33. The van der Waals surface area contributed by atoms with E-state index in [1.807, 2.05) is 0 Å². The maximum absolute atomic E-state index is 2.38. The fourth-order valence-electron chi connectivity index (χ4n) is 1.18. The largest absolute Gasteiger partial charge is 0.0967 e. The van der Waals surface area contributed by atoms with Gasteiger partial charge in [-0.25, -0.2) is 0 Å². The summed E-state index contributed by atoms with van der Waals surface area (Å²) in [7, 11) is 1.93. The van der Waals surface area contributed by atoms with Gasteiger partial charge >= 0.3 is 0 Å². The van der Waals surface area contributed by atoms with Crippen molar-refractivity contribution in [3.05, 3.63) is 0 Å². The molecule has 0 N–H and O–H groups in total. The highest BCUT2D eigenvalue weighted by Gasteiger charge is 2.16. The lowest BCUT2D eigenvalue weighted by atomic mass is 10.5. The van der Waals surface area contributed by atoms with Crippen molar-refractivity contribution in [1.82, 2.24) is 0 Å². The number of hydrogen-bond donors (Lipinski definition) is 0. The van der Waals surface area contributed by atoms with E-state index in [2.05, 4.69) is 41.5 Å². The molecule has 73 valence electrons. The molecule has 0 nitrogen and oxygen atoms in total. The zero-order chi connectivity index (χ0) is 9.72. The molecule has 0 unspecified atom stereocenters. The quantitative estimate of drug-likeness (QED) is 0.575. The van der Waals surface area contributed by atoms with Crippen LogP contribution in [-0.4, -0.2) is 22.9 Å². The third kappa shape index (κ3) is 5.50. The predicted octanol–water partition coefficient (Wildman–Crippen LogP) is 4.60. The Kier molecular flexibility index (Phi) is 6.79. The Balaban J connectivity index is 3.80. The predicted molar refractivity (Wildman–Crippen MR) is 64.1 cm³/mol. The highest BCUT2D eigenvalue weighted by molar-refractivity contribution is 7.68. The van der Waals surface area contributed by atoms with Crippen LogP contribution in [-0.2, 0) is 0 Å². The van der Waals surface area contributed by atoms with Crippen molar-refractivity contribution < 1.29 is 0 Å². The number of rotatable bonds is 5. The van der Waals surface area contributed by atoms with Crippen molar-refractivity contribution in [2.45, 2.75) is 58.5 Å². The molecule has 0 bridgehead atoms. The Bertz CT molecular complexity index is 100. The van der Waals surface area contributed by atoms with Crippen molar-refractivity contribution in [1.29, 1.82) is 0 Å². The molecular formula is C10H23P2. The van der Waals surface area contributed by atoms with E-state index in [1.54, 1.807) is 8.58 Å². The summed E-state index contributed by atoms with van der Waals surface area (Å²) in [6.07, 6.45) is 0. The molecule has 0 aliphatic heterocycles. The van der Waals surface area contributed by atoms with Gasteiger partial charge in [-0.2, -0.15) is 0 Å². The molecule has 0 saturated carbocycles. The van der Waals surface area contributed by atoms with Crippen LogP contribution in [0.4, 0.5) is 0 Å². The average Bonchev–Trinajstić information content (AvgIpc) is 1.84. The lowest BCUT2D eigenvalue weighted by Gasteiger charge is -2.26. The zero-order valence-corrected chi connectivity index (χ0v) is 11.1. The van der Waals surface area contributed by atoms with Gasteiger partial charge < -0.3 is 0 Å². The molecule has 0 heterocycles. The molecule has 0 fully saturated rings. The highest BCUT2D eigenvalue weighted by atomic mass is 31.2. The van der Waals surface area contributed by atoms with Gasteiger partial charge in [0.1, 0.15) is 0 Å². The van der Waals surface area contributed by atoms with Crippen LogP contribution >= 0.6 is 16.5 Å². The van der Waals surface area contributed by atoms with Gasteiger partial charge in [-0.05, 0) is 22.9 Å². The second-order valence-electron chi connectivity index (χ2n) is 4.12. The van der Waals surface area contributed by atoms with Crippen molar-refractivity contribution >= 4 is 16.5 Å². The minimum atomic E-state index is 0.276. The van der Waals surface area contributed by atoms with Gasteiger partial charge in [0.15, 0.2) is 0 Å². The maximum Gasteiger partial charge on any atom is -0.00746 e. The smallest absolute Gasteiger partial charge is 0.00746 e. The molecular weight excluding hydrogens is 182 g/mol. The fraction of sp³-hybridized carbons (Fsp3) is 1.00. The zero-order valence-electron chi connectivity index (χ0n) is 9.33. The Hall–Kier alpha value is 0.860. The molecule has 0 aliphatic rings. The Labute approximate surface area is 81.4 Å². The van der Waals surface area contributed by atoms with Crippen molar-refractivity contribution in [2.75, 3.05) is 5.90 Å². The van der Waals surface area contributed by atoms with Crippen LogP contribution in [0.3, 0.4) is 0 Å². The maximum atomic E-state index is 2.38. The van der Waals surface area contributed by atoms with E-state index in [0.717, 1.165) is 17.0 Å². The van der Waals surface area contributed by atoms with Crippen LogP contribution in [0.2, 0.25) is 0 Å². The summed E-state index contributed by atoms with van der Waals surface area (Å²) in [6.45, 7) is 14.1. The molecule has 0 atom stereocenters. The van der Waals surface area contributed by atoms with Crippen LogP contribution in [0.15, 0.2) is 0 Å². The molecule has 1 radical (unpaired) electrons. The SMILES string of the molecule is CC(C)[P]CP(C(C)C)C(C)C. The first-order valence-corrected chi connectivity index (χ1v) is 7.69. The average molecular weight is 205 g/mol. The van der Waals surface area contributed by atoms with E-state index in [1.165, 1.54) is 5.90 Å².